The van der Waals surface area contributed by atoms with Crippen LogP contribution in [-0.2, 0) is 0 Å². The maximum Gasteiger partial charge on any atom is 0.102 e. The Kier molecular flexibility index (Phi) is 2.72. The summed E-state index contributed by atoms with van der Waals surface area (Å²) in [4.78, 5) is 4.59. The summed E-state index contributed by atoms with van der Waals surface area (Å²) in [6.07, 6.45) is 0. The standard InChI is InChI=1S/C12H12IN/c1-8(2)12-10-6-4-3-5-9(10)7-11(13)14-12/h3-8H,1-2H3. The Morgan fingerprint density at radius 1 is 1.21 bits per heavy atom. The molecule has 1 nitrogen and oxygen atoms in total. The SMILES string of the molecule is CC(C)c1nc(I)cc2ccccc12. The van der Waals surface area contributed by atoms with Crippen LogP contribution in [-0.4, -0.2) is 4.98 Å². The Labute approximate surface area is 97.7 Å². The second-order valence-corrected chi connectivity index (χ2v) is 4.81. The molecule has 0 aliphatic rings. The Bertz CT molecular complexity index is 463. The number of benzene rings is 1. The van der Waals surface area contributed by atoms with Gasteiger partial charge in [0.1, 0.15) is 3.70 Å². The first-order valence-electron chi connectivity index (χ1n) is 4.73. The molecule has 2 aromatic rings. The van der Waals surface area contributed by atoms with Gasteiger partial charge in [-0.15, -0.1) is 0 Å². The van der Waals surface area contributed by atoms with Gasteiger partial charge in [0.15, 0.2) is 0 Å². The number of halogens is 1. The number of fused-ring (bicyclic) bond motifs is 1. The van der Waals surface area contributed by atoms with Gasteiger partial charge in [0.05, 0.1) is 5.69 Å². The molecule has 14 heavy (non-hydrogen) atoms. The van der Waals surface area contributed by atoms with Crippen molar-refractivity contribution in [2.45, 2.75) is 19.8 Å². The maximum atomic E-state index is 4.59. The van der Waals surface area contributed by atoms with E-state index in [2.05, 4.69) is 71.8 Å². The minimum absolute atomic E-state index is 0.481. The third-order valence-corrected chi connectivity index (χ3v) is 2.84. The molecule has 0 aliphatic heterocycles. The molecule has 72 valence electrons. The molecule has 0 saturated carbocycles. The van der Waals surface area contributed by atoms with Crippen LogP contribution in [0.25, 0.3) is 10.8 Å². The lowest BCUT2D eigenvalue weighted by Crippen LogP contribution is -1.96. The van der Waals surface area contributed by atoms with E-state index in [1.807, 2.05) is 0 Å². The lowest BCUT2D eigenvalue weighted by molar-refractivity contribution is 0.830. The topological polar surface area (TPSA) is 12.9 Å². The van der Waals surface area contributed by atoms with Crippen LogP contribution in [0.5, 0.6) is 0 Å². The molecule has 1 aromatic heterocycles. The fourth-order valence-corrected chi connectivity index (χ4v) is 2.23. The third-order valence-electron chi connectivity index (χ3n) is 2.29. The van der Waals surface area contributed by atoms with Gasteiger partial charge in [0, 0.05) is 5.39 Å². The molecular weight excluding hydrogens is 285 g/mol. The Morgan fingerprint density at radius 2 is 1.93 bits per heavy atom. The zero-order valence-corrected chi connectivity index (χ0v) is 10.4. The summed E-state index contributed by atoms with van der Waals surface area (Å²) in [5, 5.41) is 2.57. The van der Waals surface area contributed by atoms with E-state index < -0.39 is 0 Å². The number of hydrogen-bond donors (Lipinski definition) is 0. The lowest BCUT2D eigenvalue weighted by atomic mass is 10.0. The van der Waals surface area contributed by atoms with Crippen LogP contribution < -0.4 is 0 Å². The normalized spacial score (nSPS) is 11.1. The first-order chi connectivity index (χ1) is 6.68. The first kappa shape index (κ1) is 9.90. The summed E-state index contributed by atoms with van der Waals surface area (Å²) < 4.78 is 1.07. The van der Waals surface area contributed by atoms with Gasteiger partial charge >= 0.3 is 0 Å². The molecule has 0 fully saturated rings. The highest BCUT2D eigenvalue weighted by Crippen LogP contribution is 2.24. The highest BCUT2D eigenvalue weighted by atomic mass is 127. The van der Waals surface area contributed by atoms with E-state index in [0.717, 1.165) is 3.70 Å². The van der Waals surface area contributed by atoms with E-state index in [9.17, 15) is 0 Å². The molecule has 0 unspecified atom stereocenters. The van der Waals surface area contributed by atoms with Gasteiger partial charge < -0.3 is 0 Å². The van der Waals surface area contributed by atoms with Crippen molar-refractivity contribution in [2.75, 3.05) is 0 Å². The van der Waals surface area contributed by atoms with Crippen molar-refractivity contribution in [3.63, 3.8) is 0 Å². The highest BCUT2D eigenvalue weighted by molar-refractivity contribution is 14.1. The average molecular weight is 297 g/mol. The predicted molar refractivity (Wildman–Crippen MR) is 68.5 cm³/mol. The molecule has 0 bridgehead atoms. The molecule has 0 spiro atoms. The van der Waals surface area contributed by atoms with Crippen LogP contribution in [0, 0.1) is 3.70 Å². The van der Waals surface area contributed by atoms with Crippen molar-refractivity contribution >= 4 is 33.4 Å². The smallest absolute Gasteiger partial charge is 0.102 e. The quantitative estimate of drug-likeness (QED) is 0.573. The van der Waals surface area contributed by atoms with E-state index in [0.29, 0.717) is 5.92 Å². The Hall–Kier alpha value is -0.640. The van der Waals surface area contributed by atoms with Crippen molar-refractivity contribution in [1.82, 2.24) is 4.98 Å². The molecule has 2 rings (SSSR count). The summed E-state index contributed by atoms with van der Waals surface area (Å²) in [5.41, 5.74) is 1.20. The third kappa shape index (κ3) is 1.75. The van der Waals surface area contributed by atoms with Crippen molar-refractivity contribution in [3.8, 4) is 0 Å². The predicted octanol–water partition coefficient (Wildman–Crippen LogP) is 3.96. The van der Waals surface area contributed by atoms with Crippen molar-refractivity contribution in [3.05, 3.63) is 39.7 Å². The minimum Gasteiger partial charge on any atom is -0.246 e. The highest BCUT2D eigenvalue weighted by Gasteiger charge is 2.07. The zero-order chi connectivity index (χ0) is 10.1. The van der Waals surface area contributed by atoms with Crippen LogP contribution in [0.1, 0.15) is 25.5 Å². The van der Waals surface area contributed by atoms with E-state index in [4.69, 9.17) is 0 Å². The summed E-state index contributed by atoms with van der Waals surface area (Å²) in [5.74, 6) is 0.481. The van der Waals surface area contributed by atoms with Gasteiger partial charge in [0.25, 0.3) is 0 Å². The first-order valence-corrected chi connectivity index (χ1v) is 5.81. The van der Waals surface area contributed by atoms with Crippen LogP contribution in [0.2, 0.25) is 0 Å². The van der Waals surface area contributed by atoms with Crippen LogP contribution in [0.4, 0.5) is 0 Å². The summed E-state index contributed by atoms with van der Waals surface area (Å²) in [7, 11) is 0. The van der Waals surface area contributed by atoms with E-state index >= 15 is 0 Å². The van der Waals surface area contributed by atoms with Gasteiger partial charge in [0.2, 0.25) is 0 Å². The van der Waals surface area contributed by atoms with Crippen LogP contribution in [0.3, 0.4) is 0 Å². The maximum absolute atomic E-state index is 4.59. The van der Waals surface area contributed by atoms with Crippen molar-refractivity contribution < 1.29 is 0 Å². The molecule has 0 N–H and O–H groups in total. The number of pyridine rings is 1. The fraction of sp³-hybridized carbons (Fsp3) is 0.250. The second kappa shape index (κ2) is 3.85. The van der Waals surface area contributed by atoms with Gasteiger partial charge in [-0.2, -0.15) is 0 Å². The van der Waals surface area contributed by atoms with Gasteiger partial charge in [-0.05, 0) is 40.0 Å². The summed E-state index contributed by atoms with van der Waals surface area (Å²) in [6.45, 7) is 4.37. The molecular formula is C12H12IN. The molecule has 0 amide bonds. The summed E-state index contributed by atoms with van der Waals surface area (Å²) >= 11 is 2.28. The molecule has 1 aromatic carbocycles. The Balaban J connectivity index is 2.80. The molecule has 0 radical (unpaired) electrons. The number of rotatable bonds is 1. The van der Waals surface area contributed by atoms with Crippen molar-refractivity contribution in [1.29, 1.82) is 0 Å². The number of nitrogens with zero attached hydrogens (tertiary/aromatic N) is 1. The minimum atomic E-state index is 0.481. The molecule has 0 saturated heterocycles. The van der Waals surface area contributed by atoms with Gasteiger partial charge in [-0.3, -0.25) is 0 Å². The van der Waals surface area contributed by atoms with E-state index in [-0.39, 0.29) is 0 Å². The molecule has 0 aliphatic carbocycles. The average Bonchev–Trinajstić information content (AvgIpc) is 2.16. The monoisotopic (exact) mass is 297 g/mol. The Morgan fingerprint density at radius 3 is 2.64 bits per heavy atom. The molecule has 1 heterocycles. The second-order valence-electron chi connectivity index (χ2n) is 3.71. The molecule has 2 heteroatoms. The van der Waals surface area contributed by atoms with Crippen molar-refractivity contribution in [2.24, 2.45) is 0 Å². The lowest BCUT2D eigenvalue weighted by Gasteiger charge is -2.09. The molecule has 0 atom stereocenters. The van der Waals surface area contributed by atoms with E-state index in [1.54, 1.807) is 0 Å². The van der Waals surface area contributed by atoms with Gasteiger partial charge in [-0.25, -0.2) is 4.98 Å². The van der Waals surface area contributed by atoms with E-state index in [1.165, 1.54) is 16.5 Å². The number of hydrogen-bond acceptors (Lipinski definition) is 1. The largest absolute Gasteiger partial charge is 0.246 e. The zero-order valence-electron chi connectivity index (χ0n) is 8.29. The summed E-state index contributed by atoms with van der Waals surface area (Å²) in [6, 6.07) is 10.6. The number of aromatic nitrogens is 1. The fourth-order valence-electron chi connectivity index (χ4n) is 1.63. The van der Waals surface area contributed by atoms with Gasteiger partial charge in [-0.1, -0.05) is 38.1 Å². The van der Waals surface area contributed by atoms with Crippen LogP contribution >= 0.6 is 22.6 Å². The van der Waals surface area contributed by atoms with Crippen LogP contribution in [0.15, 0.2) is 30.3 Å².